The van der Waals surface area contributed by atoms with Gasteiger partial charge >= 0.3 is 6.09 Å². The molecule has 0 unspecified atom stereocenters. The Morgan fingerprint density at radius 1 is 1.12 bits per heavy atom. The molecule has 0 N–H and O–H groups in total. The van der Waals surface area contributed by atoms with Crippen LogP contribution < -0.4 is 0 Å². The molecule has 2 aromatic carbocycles. The molecular weight excluding hydrogens is 426 g/mol. The van der Waals surface area contributed by atoms with E-state index in [1.807, 2.05) is 32.0 Å². The minimum atomic E-state index is -4.10. The van der Waals surface area contributed by atoms with Gasteiger partial charge in [-0.2, -0.15) is 4.31 Å². The lowest BCUT2D eigenvalue weighted by molar-refractivity contribution is -0.0827. The van der Waals surface area contributed by atoms with E-state index < -0.39 is 27.8 Å². The van der Waals surface area contributed by atoms with Gasteiger partial charge < -0.3 is 9.47 Å². The molecule has 6 nitrogen and oxygen atoms in total. The van der Waals surface area contributed by atoms with Crippen LogP contribution in [0.2, 0.25) is 0 Å². The molecule has 7 heteroatoms. The van der Waals surface area contributed by atoms with Crippen LogP contribution in [0.15, 0.2) is 59.5 Å². The Balaban J connectivity index is 1.63. The van der Waals surface area contributed by atoms with Crippen LogP contribution in [0.4, 0.5) is 4.79 Å². The number of hydrogen-bond acceptors (Lipinski definition) is 5. The Labute approximate surface area is 190 Å². The summed E-state index contributed by atoms with van der Waals surface area (Å²) < 4.78 is 40.0. The molecule has 2 heterocycles. The zero-order chi connectivity index (χ0) is 23.1. The van der Waals surface area contributed by atoms with Gasteiger partial charge in [-0.1, -0.05) is 61.9 Å². The number of fused-ring (bicyclic) bond motifs is 2. The van der Waals surface area contributed by atoms with E-state index in [1.165, 1.54) is 12.1 Å². The van der Waals surface area contributed by atoms with Crippen LogP contribution in [-0.4, -0.2) is 36.1 Å². The van der Waals surface area contributed by atoms with Gasteiger partial charge in [-0.25, -0.2) is 13.2 Å². The highest BCUT2D eigenvalue weighted by atomic mass is 32.2. The van der Waals surface area contributed by atoms with E-state index >= 15 is 0 Å². The number of sulfonamides is 1. The maximum Gasteiger partial charge on any atom is 0.424 e. The molecule has 2 fully saturated rings. The molecule has 0 aromatic heterocycles. The second-order valence-electron chi connectivity index (χ2n) is 9.52. The molecule has 172 valence electrons. The van der Waals surface area contributed by atoms with Crippen molar-refractivity contribution in [3.63, 3.8) is 0 Å². The summed E-state index contributed by atoms with van der Waals surface area (Å²) in [7, 11) is -4.10. The van der Waals surface area contributed by atoms with Crippen LogP contribution in [0.3, 0.4) is 0 Å². The fraction of sp³-hybridized carbons (Fsp3) is 0.480. The number of hydrogen-bond donors (Lipinski definition) is 0. The Hall–Kier alpha value is -2.38. The van der Waals surface area contributed by atoms with Crippen molar-refractivity contribution in [1.29, 1.82) is 0 Å². The normalized spacial score (nSPS) is 27.0. The largest absolute Gasteiger partial charge is 0.442 e. The minimum absolute atomic E-state index is 0.0602. The molecule has 2 bridgehead atoms. The Morgan fingerprint density at radius 2 is 1.78 bits per heavy atom. The second kappa shape index (κ2) is 8.19. The van der Waals surface area contributed by atoms with Crippen LogP contribution in [0.25, 0.3) is 0 Å². The molecule has 1 amide bonds. The second-order valence-corrected chi connectivity index (χ2v) is 11.4. The summed E-state index contributed by atoms with van der Waals surface area (Å²) in [6.45, 7) is 7.96. The number of amides is 1. The van der Waals surface area contributed by atoms with Crippen LogP contribution in [0.5, 0.6) is 0 Å². The van der Waals surface area contributed by atoms with Crippen LogP contribution >= 0.6 is 0 Å². The van der Waals surface area contributed by atoms with E-state index in [4.69, 9.17) is 9.47 Å². The van der Waals surface area contributed by atoms with Crippen molar-refractivity contribution in [2.45, 2.75) is 75.7 Å². The highest BCUT2D eigenvalue weighted by Gasteiger charge is 2.62. The summed E-state index contributed by atoms with van der Waals surface area (Å²) in [5.74, 6) is 0.282. The number of nitrogens with zero attached hydrogens (tertiary/aromatic N) is 1. The van der Waals surface area contributed by atoms with Gasteiger partial charge in [0.2, 0.25) is 0 Å². The van der Waals surface area contributed by atoms with Gasteiger partial charge in [0.1, 0.15) is 11.7 Å². The number of rotatable bonds is 6. The molecule has 0 aliphatic carbocycles. The van der Waals surface area contributed by atoms with Gasteiger partial charge in [-0.05, 0) is 50.3 Å². The first-order valence-corrected chi connectivity index (χ1v) is 12.5. The molecule has 2 aliphatic rings. The Morgan fingerprint density at radius 3 is 2.38 bits per heavy atom. The molecule has 2 aromatic rings. The van der Waals surface area contributed by atoms with E-state index in [0.29, 0.717) is 12.0 Å². The van der Waals surface area contributed by atoms with E-state index in [2.05, 4.69) is 13.8 Å². The number of benzene rings is 2. The monoisotopic (exact) mass is 457 g/mol. The highest BCUT2D eigenvalue weighted by Crippen LogP contribution is 2.55. The number of carbonyl (C=O) groups is 1. The predicted octanol–water partition coefficient (Wildman–Crippen LogP) is 5.06. The smallest absolute Gasteiger partial charge is 0.424 e. The standard InChI is InChI=1S/C25H31NO5S/c1-18(2)25-15-14-24(4,31-25)22(16-25)30-23(27)26(17-20-8-6-5-7-9-20)32(28,29)21-12-10-19(3)11-13-21/h5-13,18,22H,14-17H2,1-4H3/t22-,24-,25-/m0/s1. The van der Waals surface area contributed by atoms with Crippen LogP contribution in [-0.2, 0) is 26.0 Å². The van der Waals surface area contributed by atoms with Gasteiger partial charge in [0.25, 0.3) is 10.0 Å². The third kappa shape index (κ3) is 4.04. The first-order chi connectivity index (χ1) is 15.1. The zero-order valence-corrected chi connectivity index (χ0v) is 19.9. The van der Waals surface area contributed by atoms with Gasteiger partial charge in [-0.15, -0.1) is 0 Å². The lowest BCUT2D eigenvalue weighted by Crippen LogP contribution is -2.44. The maximum atomic E-state index is 13.5. The third-order valence-electron chi connectivity index (χ3n) is 6.97. The molecular formula is C25H31NO5S. The maximum absolute atomic E-state index is 13.5. The molecule has 2 saturated heterocycles. The summed E-state index contributed by atoms with van der Waals surface area (Å²) in [6, 6.07) is 15.5. The predicted molar refractivity (Wildman–Crippen MR) is 122 cm³/mol. The Bertz CT molecular complexity index is 1080. The van der Waals surface area contributed by atoms with Crippen molar-refractivity contribution >= 4 is 16.1 Å². The molecule has 4 rings (SSSR count). The lowest BCUT2D eigenvalue weighted by Gasteiger charge is -2.32. The summed E-state index contributed by atoms with van der Waals surface area (Å²) in [6.07, 6.45) is 0.932. The summed E-state index contributed by atoms with van der Waals surface area (Å²) in [5, 5.41) is 0. The van der Waals surface area contributed by atoms with Crippen molar-refractivity contribution < 1.29 is 22.7 Å². The fourth-order valence-electron chi connectivity index (χ4n) is 4.75. The van der Waals surface area contributed by atoms with Crippen molar-refractivity contribution in [2.75, 3.05) is 0 Å². The van der Waals surface area contributed by atoms with Crippen molar-refractivity contribution in [3.8, 4) is 0 Å². The number of carbonyl (C=O) groups excluding carboxylic acids is 1. The van der Waals surface area contributed by atoms with Crippen molar-refractivity contribution in [2.24, 2.45) is 5.92 Å². The van der Waals surface area contributed by atoms with Gasteiger partial charge in [-0.3, -0.25) is 0 Å². The summed E-state index contributed by atoms with van der Waals surface area (Å²) in [4.78, 5) is 13.4. The van der Waals surface area contributed by atoms with Crippen molar-refractivity contribution in [1.82, 2.24) is 4.31 Å². The van der Waals surface area contributed by atoms with Crippen molar-refractivity contribution in [3.05, 3.63) is 65.7 Å². The van der Waals surface area contributed by atoms with Gasteiger partial charge in [0.15, 0.2) is 0 Å². The first-order valence-electron chi connectivity index (χ1n) is 11.1. The minimum Gasteiger partial charge on any atom is -0.442 e. The quantitative estimate of drug-likeness (QED) is 0.606. The lowest BCUT2D eigenvalue weighted by atomic mass is 9.75. The summed E-state index contributed by atoms with van der Waals surface area (Å²) >= 11 is 0. The van der Waals surface area contributed by atoms with Crippen LogP contribution in [0, 0.1) is 12.8 Å². The van der Waals surface area contributed by atoms with Gasteiger partial charge in [0.05, 0.1) is 17.0 Å². The molecule has 0 radical (unpaired) electrons. The van der Waals surface area contributed by atoms with Gasteiger partial charge in [0, 0.05) is 6.42 Å². The molecule has 32 heavy (non-hydrogen) atoms. The topological polar surface area (TPSA) is 72.9 Å². The average Bonchev–Trinajstić information content (AvgIpc) is 3.25. The van der Waals surface area contributed by atoms with E-state index in [0.717, 1.165) is 22.7 Å². The van der Waals surface area contributed by atoms with E-state index in [-0.39, 0.29) is 23.0 Å². The van der Waals surface area contributed by atoms with E-state index in [1.54, 1.807) is 24.3 Å². The molecule has 0 saturated carbocycles. The third-order valence-corrected chi connectivity index (χ3v) is 8.70. The van der Waals surface area contributed by atoms with Crippen LogP contribution in [0.1, 0.15) is 51.2 Å². The molecule has 0 spiro atoms. The molecule has 2 aliphatic heterocycles. The SMILES string of the molecule is Cc1ccc(S(=O)(=O)N(Cc2ccccc2)C(=O)O[C@H]2C[C@]3(C(C)C)CC[C@]2(C)O3)cc1. The average molecular weight is 458 g/mol. The van der Waals surface area contributed by atoms with E-state index in [9.17, 15) is 13.2 Å². The first kappa shape index (κ1) is 22.8. The fourth-order valence-corrected chi connectivity index (χ4v) is 6.04. The number of aryl methyl sites for hydroxylation is 1. The zero-order valence-electron chi connectivity index (χ0n) is 19.1. The molecule has 3 atom stereocenters. The highest BCUT2D eigenvalue weighted by molar-refractivity contribution is 7.89. The number of ether oxygens (including phenoxy) is 2. The Kier molecular flexibility index (Phi) is 5.84. The summed E-state index contributed by atoms with van der Waals surface area (Å²) in [5.41, 5.74) is 0.729.